The van der Waals surface area contributed by atoms with Crippen LogP contribution in [0.2, 0.25) is 10.0 Å². The lowest BCUT2D eigenvalue weighted by Crippen LogP contribution is -2.43. The number of nitrogens with zero attached hydrogens (tertiary/aromatic N) is 2. The Morgan fingerprint density at radius 2 is 1.80 bits per heavy atom. The molecule has 184 valence electrons. The van der Waals surface area contributed by atoms with Gasteiger partial charge in [0.2, 0.25) is 5.88 Å². The highest BCUT2D eigenvalue weighted by Crippen LogP contribution is 2.40. The van der Waals surface area contributed by atoms with Crippen molar-refractivity contribution < 1.29 is 27.8 Å². The minimum Gasteiger partial charge on any atom is -0.437 e. The Balaban J connectivity index is 1.81. The molecule has 35 heavy (non-hydrogen) atoms. The number of para-hydroxylation sites is 1. The number of halogens is 5. The number of alkyl halides is 3. The molecule has 1 atom stereocenters. The first-order chi connectivity index (χ1) is 16.5. The Hall–Kier alpha value is -2.88. The molecule has 1 unspecified atom stereocenters. The highest BCUT2D eigenvalue weighted by atomic mass is 35.5. The zero-order chi connectivity index (χ0) is 25.4. The topological polar surface area (TPSA) is 84.3 Å². The number of amides is 1. The first-order valence-electron chi connectivity index (χ1n) is 10.6. The summed E-state index contributed by atoms with van der Waals surface area (Å²) in [6.07, 6.45) is -3.45. The maximum absolute atomic E-state index is 14.0. The highest BCUT2D eigenvalue weighted by molar-refractivity contribution is 6.42. The van der Waals surface area contributed by atoms with Crippen molar-refractivity contribution in [2.24, 2.45) is 5.92 Å². The zero-order valence-electron chi connectivity index (χ0n) is 18.4. The third-order valence-electron chi connectivity index (χ3n) is 5.56. The van der Waals surface area contributed by atoms with Crippen molar-refractivity contribution in [1.29, 1.82) is 0 Å². The third-order valence-corrected chi connectivity index (χ3v) is 6.30. The van der Waals surface area contributed by atoms with E-state index in [1.165, 1.54) is 37.3 Å². The molecule has 1 heterocycles. The molecule has 11 heteroatoms. The second-order valence-corrected chi connectivity index (χ2v) is 9.24. The van der Waals surface area contributed by atoms with Crippen molar-refractivity contribution in [3.63, 3.8) is 0 Å². The number of benzene rings is 2. The summed E-state index contributed by atoms with van der Waals surface area (Å²) >= 11 is 12.1. The molecule has 2 N–H and O–H groups in total. The van der Waals surface area contributed by atoms with E-state index in [0.717, 1.165) is 12.8 Å². The van der Waals surface area contributed by atoms with Gasteiger partial charge in [-0.2, -0.15) is 13.2 Å². The minimum absolute atomic E-state index is 0.0237. The Bertz CT molecular complexity index is 1250. The summed E-state index contributed by atoms with van der Waals surface area (Å²) in [5.41, 5.74) is -3.61. The van der Waals surface area contributed by atoms with Gasteiger partial charge in [0.1, 0.15) is 11.4 Å². The lowest BCUT2D eigenvalue weighted by molar-refractivity contribution is -0.142. The predicted octanol–water partition coefficient (Wildman–Crippen LogP) is 6.15. The van der Waals surface area contributed by atoms with E-state index in [4.69, 9.17) is 27.9 Å². The van der Waals surface area contributed by atoms with Crippen LogP contribution in [0, 0.1) is 5.92 Å². The van der Waals surface area contributed by atoms with Gasteiger partial charge in [0.25, 0.3) is 5.91 Å². The highest BCUT2D eigenvalue weighted by Gasteiger charge is 2.42. The Labute approximate surface area is 209 Å². The van der Waals surface area contributed by atoms with E-state index < -0.39 is 35.0 Å². The minimum atomic E-state index is -5.01. The first-order valence-corrected chi connectivity index (χ1v) is 11.4. The Kier molecular flexibility index (Phi) is 6.95. The number of aromatic nitrogens is 2. The molecular formula is C24H20Cl2F3N3O3. The number of aliphatic hydroxyl groups is 1. The number of hydrogen-bond donors (Lipinski definition) is 2. The van der Waals surface area contributed by atoms with Crippen LogP contribution in [0.25, 0.3) is 11.3 Å². The number of carbonyl (C=O) groups is 1. The average Bonchev–Trinajstić information content (AvgIpc) is 3.66. The summed E-state index contributed by atoms with van der Waals surface area (Å²) in [4.78, 5) is 20.6. The van der Waals surface area contributed by atoms with Gasteiger partial charge >= 0.3 is 6.18 Å². The monoisotopic (exact) mass is 525 g/mol. The van der Waals surface area contributed by atoms with Crippen molar-refractivity contribution in [3.05, 3.63) is 70.0 Å². The van der Waals surface area contributed by atoms with E-state index in [1.54, 1.807) is 18.2 Å². The lowest BCUT2D eigenvalue weighted by Gasteiger charge is -2.23. The normalized spacial score (nSPS) is 15.4. The van der Waals surface area contributed by atoms with Gasteiger partial charge < -0.3 is 15.2 Å². The molecule has 1 amide bonds. The molecule has 1 aliphatic rings. The van der Waals surface area contributed by atoms with Crippen LogP contribution in [0.4, 0.5) is 13.2 Å². The van der Waals surface area contributed by atoms with Crippen LogP contribution in [0.1, 0.15) is 35.9 Å². The van der Waals surface area contributed by atoms with Gasteiger partial charge in [0.15, 0.2) is 11.4 Å². The van der Waals surface area contributed by atoms with Gasteiger partial charge in [0, 0.05) is 12.1 Å². The van der Waals surface area contributed by atoms with E-state index in [9.17, 15) is 23.1 Å². The maximum atomic E-state index is 14.0. The number of nitrogens with one attached hydrogen (secondary N) is 1. The van der Waals surface area contributed by atoms with Crippen LogP contribution in [0.3, 0.4) is 0 Å². The molecule has 1 aromatic heterocycles. The first kappa shape index (κ1) is 25.2. The fourth-order valence-corrected chi connectivity index (χ4v) is 3.77. The third kappa shape index (κ3) is 5.86. The summed E-state index contributed by atoms with van der Waals surface area (Å²) in [5, 5.41) is 13.2. The van der Waals surface area contributed by atoms with Crippen LogP contribution >= 0.6 is 23.2 Å². The molecule has 1 saturated carbocycles. The lowest BCUT2D eigenvalue weighted by atomic mass is 10.0. The van der Waals surface area contributed by atoms with Gasteiger partial charge in [-0.1, -0.05) is 47.5 Å². The van der Waals surface area contributed by atoms with Crippen molar-refractivity contribution >= 4 is 29.1 Å². The summed E-state index contributed by atoms with van der Waals surface area (Å²) in [7, 11) is 0. The molecule has 0 aliphatic heterocycles. The van der Waals surface area contributed by atoms with Gasteiger partial charge in [0.05, 0.1) is 15.6 Å². The van der Waals surface area contributed by atoms with Crippen LogP contribution in [0.5, 0.6) is 11.6 Å². The quantitative estimate of drug-likeness (QED) is 0.386. The van der Waals surface area contributed by atoms with Crippen LogP contribution < -0.4 is 10.1 Å². The van der Waals surface area contributed by atoms with Crippen molar-refractivity contribution in [1.82, 2.24) is 15.3 Å². The zero-order valence-corrected chi connectivity index (χ0v) is 19.9. The Morgan fingerprint density at radius 1 is 1.11 bits per heavy atom. The van der Waals surface area contributed by atoms with Crippen LogP contribution in [0.15, 0.2) is 48.5 Å². The molecule has 0 saturated heterocycles. The van der Waals surface area contributed by atoms with E-state index in [0.29, 0.717) is 0 Å². The van der Waals surface area contributed by atoms with E-state index in [-0.39, 0.29) is 39.5 Å². The SMILES string of the molecule is CC(O)(CNC(=O)c1nc(-c2ccc(Cl)c(Cl)c2)c(Oc2ccccc2)nc1C(F)(F)F)C1CC1. The largest absolute Gasteiger partial charge is 0.437 e. The smallest absolute Gasteiger partial charge is 0.435 e. The molecule has 0 radical (unpaired) electrons. The number of hydrogen-bond acceptors (Lipinski definition) is 5. The van der Waals surface area contributed by atoms with Gasteiger partial charge in [-0.3, -0.25) is 4.79 Å². The van der Waals surface area contributed by atoms with Crippen molar-refractivity contribution in [3.8, 4) is 22.9 Å². The van der Waals surface area contributed by atoms with E-state index in [2.05, 4.69) is 15.3 Å². The van der Waals surface area contributed by atoms with Crippen LogP contribution in [-0.2, 0) is 6.18 Å². The van der Waals surface area contributed by atoms with Crippen molar-refractivity contribution in [2.45, 2.75) is 31.5 Å². The molecule has 6 nitrogen and oxygen atoms in total. The number of carbonyl (C=O) groups excluding carboxylic acids is 1. The second-order valence-electron chi connectivity index (χ2n) is 8.43. The van der Waals surface area contributed by atoms with Gasteiger partial charge in [-0.25, -0.2) is 9.97 Å². The summed E-state index contributed by atoms with van der Waals surface area (Å²) in [6, 6.07) is 12.4. The van der Waals surface area contributed by atoms with E-state index >= 15 is 0 Å². The standard InChI is InChI=1S/C24H20Cl2F3N3O3/c1-23(34,14-8-9-14)12-30-21(33)19-20(24(27,28)29)32-22(35-15-5-3-2-4-6-15)18(31-19)13-7-10-16(25)17(26)11-13/h2-7,10-11,14,34H,8-9,12H2,1H3,(H,30,33). The summed E-state index contributed by atoms with van der Waals surface area (Å²) in [6.45, 7) is 1.29. The number of rotatable bonds is 7. The van der Waals surface area contributed by atoms with Crippen LogP contribution in [-0.4, -0.2) is 33.1 Å². The van der Waals surface area contributed by atoms with Crippen molar-refractivity contribution in [2.75, 3.05) is 6.54 Å². The molecule has 2 aromatic carbocycles. The molecule has 4 rings (SSSR count). The fraction of sp³-hybridized carbons (Fsp3) is 0.292. The Morgan fingerprint density at radius 3 is 2.40 bits per heavy atom. The molecule has 1 aliphatic carbocycles. The predicted molar refractivity (Wildman–Crippen MR) is 125 cm³/mol. The second kappa shape index (κ2) is 9.64. The molecule has 0 spiro atoms. The molecule has 1 fully saturated rings. The fourth-order valence-electron chi connectivity index (χ4n) is 3.47. The van der Waals surface area contributed by atoms with E-state index in [1.807, 2.05) is 0 Å². The number of ether oxygens (including phenoxy) is 1. The molecular weight excluding hydrogens is 506 g/mol. The average molecular weight is 526 g/mol. The molecule has 3 aromatic rings. The maximum Gasteiger partial charge on any atom is 0.435 e. The molecule has 0 bridgehead atoms. The van der Waals surface area contributed by atoms with Gasteiger partial charge in [-0.05, 0) is 49.9 Å². The summed E-state index contributed by atoms with van der Waals surface area (Å²) < 4.78 is 47.5. The summed E-state index contributed by atoms with van der Waals surface area (Å²) in [5.74, 6) is -1.40. The van der Waals surface area contributed by atoms with Gasteiger partial charge in [-0.15, -0.1) is 0 Å².